The monoisotopic (exact) mass is 272 g/mol. The van der Waals surface area contributed by atoms with Crippen LogP contribution in [0.15, 0.2) is 18.2 Å². The highest BCUT2D eigenvalue weighted by Crippen LogP contribution is 2.19. The van der Waals surface area contributed by atoms with E-state index in [1.165, 1.54) is 43.2 Å². The summed E-state index contributed by atoms with van der Waals surface area (Å²) in [6.45, 7) is 4.57. The lowest BCUT2D eigenvalue weighted by Gasteiger charge is -2.22. The highest BCUT2D eigenvalue weighted by Gasteiger charge is 2.12. The molecule has 0 heterocycles. The standard InChI is InChI=1S/C17H24N2O/c1-14-11-15(12-18)7-8-16(14)13-19-9-10-20-17-5-3-2-4-6-17/h7-8,11,17,19H,2-6,9-10,13H2,1H3. The summed E-state index contributed by atoms with van der Waals surface area (Å²) in [5, 5.41) is 12.3. The largest absolute Gasteiger partial charge is 0.377 e. The Bertz CT molecular complexity index is 459. The molecule has 1 N–H and O–H groups in total. The quantitative estimate of drug-likeness (QED) is 0.808. The van der Waals surface area contributed by atoms with E-state index in [-0.39, 0.29) is 0 Å². The van der Waals surface area contributed by atoms with Gasteiger partial charge in [0.25, 0.3) is 0 Å². The van der Waals surface area contributed by atoms with Crippen molar-refractivity contribution in [3.63, 3.8) is 0 Å². The van der Waals surface area contributed by atoms with Crippen molar-refractivity contribution < 1.29 is 4.74 Å². The number of nitrogens with zero attached hydrogens (tertiary/aromatic N) is 1. The number of hydrogen-bond acceptors (Lipinski definition) is 3. The fourth-order valence-electron chi connectivity index (χ4n) is 2.72. The third kappa shape index (κ3) is 4.63. The maximum Gasteiger partial charge on any atom is 0.0991 e. The minimum absolute atomic E-state index is 0.488. The van der Waals surface area contributed by atoms with Crippen molar-refractivity contribution in [2.45, 2.75) is 51.7 Å². The average molecular weight is 272 g/mol. The lowest BCUT2D eigenvalue weighted by molar-refractivity contribution is 0.0302. The molecule has 1 saturated carbocycles. The van der Waals surface area contributed by atoms with Gasteiger partial charge in [0.15, 0.2) is 0 Å². The lowest BCUT2D eigenvalue weighted by Crippen LogP contribution is -2.24. The maximum atomic E-state index is 8.84. The molecule has 0 unspecified atom stereocenters. The van der Waals surface area contributed by atoms with Crippen molar-refractivity contribution in [3.05, 3.63) is 34.9 Å². The van der Waals surface area contributed by atoms with Crippen LogP contribution in [0, 0.1) is 18.3 Å². The Balaban J connectivity index is 1.64. The first-order valence-corrected chi connectivity index (χ1v) is 7.61. The molecule has 20 heavy (non-hydrogen) atoms. The fourth-order valence-corrected chi connectivity index (χ4v) is 2.72. The minimum atomic E-state index is 0.488. The summed E-state index contributed by atoms with van der Waals surface area (Å²) >= 11 is 0. The van der Waals surface area contributed by atoms with Gasteiger partial charge in [-0.05, 0) is 43.0 Å². The van der Waals surface area contributed by atoms with Crippen LogP contribution < -0.4 is 5.32 Å². The molecule has 3 heteroatoms. The molecule has 3 nitrogen and oxygen atoms in total. The molecule has 0 saturated heterocycles. The Morgan fingerprint density at radius 2 is 2.10 bits per heavy atom. The van der Waals surface area contributed by atoms with Gasteiger partial charge in [0, 0.05) is 13.1 Å². The zero-order valence-electron chi connectivity index (χ0n) is 12.3. The third-order valence-electron chi connectivity index (χ3n) is 3.97. The zero-order valence-corrected chi connectivity index (χ0v) is 12.3. The normalized spacial score (nSPS) is 16.0. The van der Waals surface area contributed by atoms with E-state index in [0.717, 1.165) is 25.3 Å². The Morgan fingerprint density at radius 3 is 2.80 bits per heavy atom. The predicted octanol–water partition coefficient (Wildman–Crippen LogP) is 3.31. The van der Waals surface area contributed by atoms with Gasteiger partial charge in [-0.3, -0.25) is 0 Å². The third-order valence-corrected chi connectivity index (χ3v) is 3.97. The molecule has 1 fully saturated rings. The molecule has 0 aliphatic heterocycles. The fraction of sp³-hybridized carbons (Fsp3) is 0.588. The van der Waals surface area contributed by atoms with Crippen LogP contribution in [0.4, 0.5) is 0 Å². The first-order valence-electron chi connectivity index (χ1n) is 7.61. The van der Waals surface area contributed by atoms with Gasteiger partial charge in [0.2, 0.25) is 0 Å². The smallest absolute Gasteiger partial charge is 0.0991 e. The van der Waals surface area contributed by atoms with Crippen molar-refractivity contribution >= 4 is 0 Å². The van der Waals surface area contributed by atoms with Gasteiger partial charge in [-0.1, -0.05) is 25.3 Å². The Morgan fingerprint density at radius 1 is 1.30 bits per heavy atom. The molecule has 1 aliphatic carbocycles. The molecule has 0 bridgehead atoms. The summed E-state index contributed by atoms with van der Waals surface area (Å²) in [5.41, 5.74) is 3.15. The summed E-state index contributed by atoms with van der Waals surface area (Å²) in [6, 6.07) is 8.02. The summed E-state index contributed by atoms with van der Waals surface area (Å²) in [6.07, 6.45) is 6.96. The predicted molar refractivity (Wildman–Crippen MR) is 80.4 cm³/mol. The number of rotatable bonds is 6. The van der Waals surface area contributed by atoms with E-state index in [9.17, 15) is 0 Å². The minimum Gasteiger partial charge on any atom is -0.377 e. The summed E-state index contributed by atoms with van der Waals surface area (Å²) < 4.78 is 5.88. The Hall–Kier alpha value is -1.37. The molecule has 1 aromatic carbocycles. The molecule has 108 valence electrons. The van der Waals surface area contributed by atoms with Crippen molar-refractivity contribution in [1.82, 2.24) is 5.32 Å². The van der Waals surface area contributed by atoms with Crippen LogP contribution in [-0.4, -0.2) is 19.3 Å². The molecule has 0 atom stereocenters. The van der Waals surface area contributed by atoms with E-state index in [2.05, 4.69) is 18.3 Å². The first-order chi connectivity index (χ1) is 9.79. The van der Waals surface area contributed by atoms with Gasteiger partial charge in [-0.25, -0.2) is 0 Å². The molecule has 2 rings (SSSR count). The van der Waals surface area contributed by atoms with Crippen LogP contribution in [0.2, 0.25) is 0 Å². The molecule has 0 amide bonds. The second-order valence-electron chi connectivity index (χ2n) is 5.56. The van der Waals surface area contributed by atoms with E-state index in [4.69, 9.17) is 10.00 Å². The molecular formula is C17H24N2O. The van der Waals surface area contributed by atoms with Gasteiger partial charge in [0.1, 0.15) is 0 Å². The zero-order chi connectivity index (χ0) is 14.2. The van der Waals surface area contributed by atoms with E-state index in [0.29, 0.717) is 6.10 Å². The van der Waals surface area contributed by atoms with Gasteiger partial charge < -0.3 is 10.1 Å². The van der Waals surface area contributed by atoms with Gasteiger partial charge in [-0.2, -0.15) is 5.26 Å². The molecule has 0 aromatic heterocycles. The topological polar surface area (TPSA) is 45.0 Å². The van der Waals surface area contributed by atoms with Crippen LogP contribution in [0.1, 0.15) is 48.8 Å². The van der Waals surface area contributed by atoms with Crippen LogP contribution in [0.3, 0.4) is 0 Å². The lowest BCUT2D eigenvalue weighted by atomic mass is 9.98. The summed E-state index contributed by atoms with van der Waals surface area (Å²) in [7, 11) is 0. The van der Waals surface area contributed by atoms with Crippen molar-refractivity contribution in [2.24, 2.45) is 0 Å². The molecule has 0 radical (unpaired) electrons. The van der Waals surface area contributed by atoms with Crippen LogP contribution >= 0.6 is 0 Å². The second-order valence-corrected chi connectivity index (χ2v) is 5.56. The van der Waals surface area contributed by atoms with Crippen LogP contribution in [-0.2, 0) is 11.3 Å². The van der Waals surface area contributed by atoms with Crippen molar-refractivity contribution in [3.8, 4) is 6.07 Å². The number of benzene rings is 1. The maximum absolute atomic E-state index is 8.84. The Labute approximate surface area is 121 Å². The number of hydrogen-bond donors (Lipinski definition) is 1. The van der Waals surface area contributed by atoms with Gasteiger partial charge in [0.05, 0.1) is 24.3 Å². The number of ether oxygens (including phenoxy) is 1. The highest BCUT2D eigenvalue weighted by atomic mass is 16.5. The summed E-state index contributed by atoms with van der Waals surface area (Å²) in [4.78, 5) is 0. The average Bonchev–Trinajstić information content (AvgIpc) is 2.49. The van der Waals surface area contributed by atoms with E-state index < -0.39 is 0 Å². The van der Waals surface area contributed by atoms with E-state index >= 15 is 0 Å². The van der Waals surface area contributed by atoms with Gasteiger partial charge >= 0.3 is 0 Å². The first kappa shape index (κ1) is 15.0. The highest BCUT2D eigenvalue weighted by molar-refractivity contribution is 5.37. The van der Waals surface area contributed by atoms with E-state index in [1.54, 1.807) is 0 Å². The van der Waals surface area contributed by atoms with E-state index in [1.807, 2.05) is 18.2 Å². The van der Waals surface area contributed by atoms with Crippen LogP contribution in [0.25, 0.3) is 0 Å². The molecular weight excluding hydrogens is 248 g/mol. The van der Waals surface area contributed by atoms with Gasteiger partial charge in [-0.15, -0.1) is 0 Å². The molecule has 0 spiro atoms. The summed E-state index contributed by atoms with van der Waals surface area (Å²) in [5.74, 6) is 0. The molecule has 1 aromatic rings. The Kier molecular flexibility index (Phi) is 6.04. The molecule has 1 aliphatic rings. The second kappa shape index (κ2) is 8.04. The number of aryl methyl sites for hydroxylation is 1. The van der Waals surface area contributed by atoms with Crippen molar-refractivity contribution in [2.75, 3.05) is 13.2 Å². The van der Waals surface area contributed by atoms with Crippen LogP contribution in [0.5, 0.6) is 0 Å². The number of nitrogens with one attached hydrogen (secondary N) is 1. The SMILES string of the molecule is Cc1cc(C#N)ccc1CNCCOC1CCCCC1. The number of nitriles is 1. The van der Waals surface area contributed by atoms with Crippen molar-refractivity contribution in [1.29, 1.82) is 5.26 Å².